The number of carbonyl (C=O) groups is 2. The number of aromatic nitrogens is 1. The largest absolute Gasteiger partial charge is 0.489 e. The van der Waals surface area contributed by atoms with E-state index < -0.39 is 18.5 Å². The minimum absolute atomic E-state index is 0.277. The van der Waals surface area contributed by atoms with E-state index in [0.29, 0.717) is 18.2 Å². The summed E-state index contributed by atoms with van der Waals surface area (Å²) in [5.74, 6) is -0.761. The van der Waals surface area contributed by atoms with Crippen LogP contribution in [0, 0.1) is 0 Å². The van der Waals surface area contributed by atoms with Gasteiger partial charge in [0.25, 0.3) is 0 Å². The molecule has 9 heteroatoms. The van der Waals surface area contributed by atoms with E-state index in [2.05, 4.69) is 79.3 Å². The van der Waals surface area contributed by atoms with Crippen molar-refractivity contribution in [1.82, 2.24) is 4.57 Å². The van der Waals surface area contributed by atoms with Crippen molar-refractivity contribution in [2.24, 2.45) is 7.05 Å². The Hall–Kier alpha value is -4.50. The Balaban J connectivity index is 0.00000156. The number of carbonyl (C=O) groups excluding carboxylic acids is 1. The number of nitrogens with zero attached hydrogens (tertiary/aromatic N) is 3. The zero-order valence-electron chi connectivity index (χ0n) is 30.5. The first-order chi connectivity index (χ1) is 24.2. The Morgan fingerprint density at radius 2 is 1.70 bits per heavy atom. The number of hydrogen-bond acceptors (Lipinski definition) is 7. The molecule has 0 spiro atoms. The Labute approximate surface area is 296 Å². The van der Waals surface area contributed by atoms with Crippen LogP contribution in [0.3, 0.4) is 0 Å². The van der Waals surface area contributed by atoms with E-state index in [0.717, 1.165) is 67.2 Å². The summed E-state index contributed by atoms with van der Waals surface area (Å²) in [7, 11) is 2.00. The summed E-state index contributed by atoms with van der Waals surface area (Å²) in [6.45, 7) is 15.0. The molecule has 0 radical (unpaired) electrons. The predicted octanol–water partition coefficient (Wildman–Crippen LogP) is 8.42. The van der Waals surface area contributed by atoms with Crippen LogP contribution in [0.15, 0.2) is 60.7 Å². The van der Waals surface area contributed by atoms with Crippen molar-refractivity contribution in [3.8, 4) is 17.0 Å². The molecule has 9 nitrogen and oxygen atoms in total. The van der Waals surface area contributed by atoms with E-state index in [1.165, 1.54) is 41.8 Å². The molecule has 2 aliphatic heterocycles. The number of morpholine rings is 1. The third-order valence-electron chi connectivity index (χ3n) is 9.73. The van der Waals surface area contributed by atoms with Gasteiger partial charge in [-0.1, -0.05) is 40.2 Å². The minimum atomic E-state index is -1.19. The molecule has 50 heavy (non-hydrogen) atoms. The third-order valence-corrected chi connectivity index (χ3v) is 9.73. The van der Waals surface area contributed by atoms with E-state index in [1.807, 2.05) is 25.2 Å². The fourth-order valence-corrected chi connectivity index (χ4v) is 7.02. The van der Waals surface area contributed by atoms with Gasteiger partial charge in [0, 0.05) is 60.6 Å². The highest BCUT2D eigenvalue weighted by Crippen LogP contribution is 2.40. The van der Waals surface area contributed by atoms with Crippen LogP contribution in [0.1, 0.15) is 87.7 Å². The van der Waals surface area contributed by atoms with Gasteiger partial charge in [-0.3, -0.25) is 0 Å². The van der Waals surface area contributed by atoms with Gasteiger partial charge in [0.1, 0.15) is 12.4 Å². The molecule has 1 aromatic heterocycles. The zero-order valence-corrected chi connectivity index (χ0v) is 30.5. The van der Waals surface area contributed by atoms with Crippen LogP contribution in [0.4, 0.5) is 11.4 Å². The second-order valence-corrected chi connectivity index (χ2v) is 13.4. The molecule has 0 amide bonds. The van der Waals surface area contributed by atoms with Crippen LogP contribution >= 0.6 is 0 Å². The molecule has 2 unspecified atom stereocenters. The molecule has 2 aliphatic rings. The number of aryl methyl sites for hydroxylation is 1. The first-order valence-electron chi connectivity index (χ1n) is 18.1. The number of carboxylic acids is 1. The first kappa shape index (κ1) is 36.8. The van der Waals surface area contributed by atoms with Gasteiger partial charge >= 0.3 is 11.9 Å². The zero-order chi connectivity index (χ0) is 35.8. The molecule has 4 aromatic rings. The van der Waals surface area contributed by atoms with Gasteiger partial charge in [-0.25, -0.2) is 9.59 Å². The lowest BCUT2D eigenvalue weighted by Crippen LogP contribution is -2.37. The SMILES string of the molecule is CCC.CCC(C)c1c(-c2ccc(OCc3cc(N4CCCC4C)ccc3N3CCOCC3)cc2)n(C)c2cc(C(=O)OCC(=O)O)ccc12. The summed E-state index contributed by atoms with van der Waals surface area (Å²) in [6, 6.07) is 21.1. The Morgan fingerprint density at radius 3 is 2.34 bits per heavy atom. The molecule has 6 rings (SSSR count). The van der Waals surface area contributed by atoms with Crippen molar-refractivity contribution < 1.29 is 28.9 Å². The lowest BCUT2D eigenvalue weighted by Gasteiger charge is -2.32. The maximum absolute atomic E-state index is 12.5. The topological polar surface area (TPSA) is 93.5 Å². The van der Waals surface area contributed by atoms with Gasteiger partial charge in [-0.05, 0) is 97.8 Å². The standard InChI is InChI=1S/C38H45N3O6.C3H8/c1-5-25(2)36-32-14-10-28(38(44)47-24-35(42)43)22-34(32)39(4)37(36)27-8-12-31(13-9-27)46-23-29-21-30(41-16-6-7-26(41)3)11-15-33(29)40-17-19-45-20-18-40;1-3-2/h8-15,21-22,25-26H,5-7,16-20,23-24H2,1-4H3,(H,42,43);3H2,1-2H3. The van der Waals surface area contributed by atoms with Crippen molar-refractivity contribution in [3.63, 3.8) is 0 Å². The summed E-state index contributed by atoms with van der Waals surface area (Å²) in [4.78, 5) is 28.4. The second-order valence-electron chi connectivity index (χ2n) is 13.4. The highest BCUT2D eigenvalue weighted by Gasteiger charge is 2.24. The Bertz CT molecular complexity index is 1760. The molecule has 0 saturated carbocycles. The van der Waals surface area contributed by atoms with E-state index in [1.54, 1.807) is 12.1 Å². The number of fused-ring (bicyclic) bond motifs is 1. The molecule has 3 aromatic carbocycles. The number of carboxylic acid groups (broad SMARTS) is 1. The third kappa shape index (κ3) is 8.27. The fourth-order valence-electron chi connectivity index (χ4n) is 7.02. The smallest absolute Gasteiger partial charge is 0.341 e. The normalized spacial score (nSPS) is 16.6. The number of aliphatic carboxylic acids is 1. The number of anilines is 2. The maximum Gasteiger partial charge on any atom is 0.341 e. The monoisotopic (exact) mass is 683 g/mol. The van der Waals surface area contributed by atoms with Gasteiger partial charge in [0.05, 0.1) is 24.5 Å². The number of hydrogen-bond donors (Lipinski definition) is 1. The van der Waals surface area contributed by atoms with Crippen molar-refractivity contribution in [2.75, 3.05) is 49.3 Å². The van der Waals surface area contributed by atoms with E-state index in [4.69, 9.17) is 19.3 Å². The molecule has 0 aliphatic carbocycles. The maximum atomic E-state index is 12.5. The molecule has 2 atom stereocenters. The fraction of sp³-hybridized carbons (Fsp3) is 0.463. The van der Waals surface area contributed by atoms with Gasteiger partial charge in [-0.15, -0.1) is 0 Å². The van der Waals surface area contributed by atoms with Crippen molar-refractivity contribution >= 4 is 34.2 Å². The van der Waals surface area contributed by atoms with Crippen LogP contribution in [0.25, 0.3) is 22.2 Å². The molecule has 2 saturated heterocycles. The molecule has 2 fully saturated rings. The molecular formula is C41H53N3O6. The number of esters is 1. The van der Waals surface area contributed by atoms with Crippen molar-refractivity contribution in [1.29, 1.82) is 0 Å². The highest BCUT2D eigenvalue weighted by molar-refractivity contribution is 5.99. The Kier molecular flexibility index (Phi) is 12.5. The van der Waals surface area contributed by atoms with Gasteiger partial charge in [0.2, 0.25) is 0 Å². The van der Waals surface area contributed by atoms with E-state index in [-0.39, 0.29) is 5.92 Å². The van der Waals surface area contributed by atoms with Crippen LogP contribution in [0.5, 0.6) is 5.75 Å². The van der Waals surface area contributed by atoms with Gasteiger partial charge in [0.15, 0.2) is 6.61 Å². The summed E-state index contributed by atoms with van der Waals surface area (Å²) in [6.07, 6.45) is 4.65. The van der Waals surface area contributed by atoms with Crippen molar-refractivity contribution in [2.45, 2.75) is 78.9 Å². The van der Waals surface area contributed by atoms with Crippen molar-refractivity contribution in [3.05, 3.63) is 77.4 Å². The van der Waals surface area contributed by atoms with Gasteiger partial charge in [-0.2, -0.15) is 0 Å². The summed E-state index contributed by atoms with van der Waals surface area (Å²) < 4.78 is 19.1. The van der Waals surface area contributed by atoms with Crippen LogP contribution < -0.4 is 14.5 Å². The molecule has 3 heterocycles. The Morgan fingerprint density at radius 1 is 0.980 bits per heavy atom. The van der Waals surface area contributed by atoms with Crippen LogP contribution in [0.2, 0.25) is 0 Å². The summed E-state index contributed by atoms with van der Waals surface area (Å²) in [5.41, 5.74) is 8.21. The van der Waals surface area contributed by atoms with E-state index in [9.17, 15) is 9.59 Å². The molecular weight excluding hydrogens is 630 g/mol. The number of rotatable bonds is 11. The quantitative estimate of drug-likeness (QED) is 0.158. The lowest BCUT2D eigenvalue weighted by molar-refractivity contribution is -0.140. The predicted molar refractivity (Wildman–Crippen MR) is 201 cm³/mol. The van der Waals surface area contributed by atoms with Gasteiger partial charge < -0.3 is 33.7 Å². The summed E-state index contributed by atoms with van der Waals surface area (Å²) >= 11 is 0. The van der Waals surface area contributed by atoms with Crippen LogP contribution in [-0.2, 0) is 27.9 Å². The molecule has 268 valence electrons. The highest BCUT2D eigenvalue weighted by atomic mass is 16.5. The van der Waals surface area contributed by atoms with Crippen LogP contribution in [-0.4, -0.2) is 67.1 Å². The first-order valence-corrected chi connectivity index (χ1v) is 18.1. The minimum Gasteiger partial charge on any atom is -0.489 e. The average Bonchev–Trinajstić information content (AvgIpc) is 3.70. The van der Waals surface area contributed by atoms with E-state index >= 15 is 0 Å². The number of ether oxygens (including phenoxy) is 3. The summed E-state index contributed by atoms with van der Waals surface area (Å²) in [5, 5.41) is 9.98. The molecule has 1 N–H and O–H groups in total. The molecule has 0 bridgehead atoms. The lowest BCUT2D eigenvalue weighted by atomic mass is 9.92. The average molecular weight is 684 g/mol. The number of benzene rings is 3. The second kappa shape index (κ2) is 16.9.